The van der Waals surface area contributed by atoms with Crippen LogP contribution in [0, 0.1) is 0 Å². The van der Waals surface area contributed by atoms with E-state index in [0.717, 1.165) is 6.04 Å². The molecule has 0 radical (unpaired) electrons. The number of rotatable bonds is 12. The van der Waals surface area contributed by atoms with Crippen LogP contribution < -0.4 is 0 Å². The SMILES string of the molecule is CCOCCOCCOCC(=O)OCC[Si](C)(C)C. The molecule has 0 aliphatic carbocycles. The summed E-state index contributed by atoms with van der Waals surface area (Å²) in [5.74, 6) is -0.299. The van der Waals surface area contributed by atoms with Gasteiger partial charge in [0.05, 0.1) is 33.0 Å². The van der Waals surface area contributed by atoms with E-state index in [2.05, 4.69) is 19.6 Å². The van der Waals surface area contributed by atoms with Crippen molar-refractivity contribution in [2.75, 3.05) is 46.2 Å². The van der Waals surface area contributed by atoms with Crippen molar-refractivity contribution in [2.45, 2.75) is 32.6 Å². The Bertz CT molecular complexity index is 228. The first-order valence-corrected chi connectivity index (χ1v) is 10.6. The maximum atomic E-state index is 11.3. The van der Waals surface area contributed by atoms with E-state index in [0.29, 0.717) is 39.6 Å². The zero-order valence-corrected chi connectivity index (χ0v) is 13.7. The highest BCUT2D eigenvalue weighted by atomic mass is 28.3. The summed E-state index contributed by atoms with van der Waals surface area (Å²) in [4.78, 5) is 11.3. The molecule has 0 aliphatic rings. The van der Waals surface area contributed by atoms with Gasteiger partial charge in [0.15, 0.2) is 0 Å². The maximum Gasteiger partial charge on any atom is 0.332 e. The molecule has 0 spiro atoms. The van der Waals surface area contributed by atoms with E-state index in [1.807, 2.05) is 6.92 Å². The molecule has 0 N–H and O–H groups in total. The van der Waals surface area contributed by atoms with Crippen molar-refractivity contribution in [3.63, 3.8) is 0 Å². The average molecular weight is 292 g/mol. The summed E-state index contributed by atoms with van der Waals surface area (Å²) in [5.41, 5.74) is 0. The summed E-state index contributed by atoms with van der Waals surface area (Å²) in [6.45, 7) is 11.9. The Hall–Kier alpha value is -0.433. The fraction of sp³-hybridized carbons (Fsp3) is 0.923. The minimum Gasteiger partial charge on any atom is -0.464 e. The van der Waals surface area contributed by atoms with Gasteiger partial charge in [0, 0.05) is 14.7 Å². The zero-order chi connectivity index (χ0) is 14.6. The van der Waals surface area contributed by atoms with E-state index >= 15 is 0 Å². The molecule has 0 aliphatic heterocycles. The van der Waals surface area contributed by atoms with Gasteiger partial charge in [-0.05, 0) is 13.0 Å². The van der Waals surface area contributed by atoms with E-state index in [-0.39, 0.29) is 12.6 Å². The van der Waals surface area contributed by atoms with Crippen LogP contribution in [0.15, 0.2) is 0 Å². The fourth-order valence-electron chi connectivity index (χ4n) is 1.15. The molecule has 0 aromatic carbocycles. The molecule has 6 heteroatoms. The van der Waals surface area contributed by atoms with Gasteiger partial charge in [-0.15, -0.1) is 0 Å². The third kappa shape index (κ3) is 15.5. The van der Waals surface area contributed by atoms with Gasteiger partial charge in [-0.1, -0.05) is 19.6 Å². The summed E-state index contributed by atoms with van der Waals surface area (Å²) >= 11 is 0. The summed E-state index contributed by atoms with van der Waals surface area (Å²) in [5, 5.41) is 0. The van der Waals surface area contributed by atoms with Crippen LogP contribution in [0.4, 0.5) is 0 Å². The minimum absolute atomic E-state index is 0.000514. The molecule has 0 bridgehead atoms. The van der Waals surface area contributed by atoms with Gasteiger partial charge in [-0.25, -0.2) is 4.79 Å². The molecule has 114 valence electrons. The Balaban J connectivity index is 3.25. The summed E-state index contributed by atoms with van der Waals surface area (Å²) in [7, 11) is -1.13. The standard InChI is InChI=1S/C13H28O5Si/c1-5-15-6-7-16-8-9-17-12-13(14)18-10-11-19(2,3)4/h5-12H2,1-4H3. The molecule has 0 atom stereocenters. The van der Waals surface area contributed by atoms with E-state index in [4.69, 9.17) is 18.9 Å². The second-order valence-corrected chi connectivity index (χ2v) is 11.0. The normalized spacial score (nSPS) is 11.6. The molecule has 0 saturated heterocycles. The molecule has 0 aromatic heterocycles. The Morgan fingerprint density at radius 2 is 1.47 bits per heavy atom. The van der Waals surface area contributed by atoms with E-state index < -0.39 is 8.07 Å². The maximum absolute atomic E-state index is 11.3. The Labute approximate surface area is 117 Å². The highest BCUT2D eigenvalue weighted by molar-refractivity contribution is 6.76. The highest BCUT2D eigenvalue weighted by Gasteiger charge is 2.13. The van der Waals surface area contributed by atoms with E-state index in [1.54, 1.807) is 0 Å². The second-order valence-electron chi connectivity index (χ2n) is 5.39. The number of esters is 1. The van der Waals surface area contributed by atoms with Crippen molar-refractivity contribution in [1.82, 2.24) is 0 Å². The molecule has 0 rings (SSSR count). The van der Waals surface area contributed by atoms with Gasteiger partial charge in [0.2, 0.25) is 0 Å². The predicted molar refractivity (Wildman–Crippen MR) is 77.2 cm³/mol. The lowest BCUT2D eigenvalue weighted by Crippen LogP contribution is -2.24. The Kier molecular flexibility index (Phi) is 11.1. The van der Waals surface area contributed by atoms with Gasteiger partial charge in [0.1, 0.15) is 6.61 Å². The topological polar surface area (TPSA) is 54.0 Å². The monoisotopic (exact) mass is 292 g/mol. The highest BCUT2D eigenvalue weighted by Crippen LogP contribution is 2.07. The van der Waals surface area contributed by atoms with Gasteiger partial charge in [-0.2, -0.15) is 0 Å². The van der Waals surface area contributed by atoms with Crippen molar-refractivity contribution in [3.8, 4) is 0 Å². The van der Waals surface area contributed by atoms with Gasteiger partial charge < -0.3 is 18.9 Å². The van der Waals surface area contributed by atoms with Crippen LogP contribution >= 0.6 is 0 Å². The number of carbonyl (C=O) groups is 1. The lowest BCUT2D eigenvalue weighted by Gasteiger charge is -2.15. The van der Waals surface area contributed by atoms with Crippen molar-refractivity contribution in [3.05, 3.63) is 0 Å². The van der Waals surface area contributed by atoms with Gasteiger partial charge in [-0.3, -0.25) is 0 Å². The summed E-state index contributed by atoms with van der Waals surface area (Å²) in [6, 6.07) is 0.985. The quantitative estimate of drug-likeness (QED) is 0.312. The second kappa shape index (κ2) is 11.4. The third-order valence-corrected chi connectivity index (χ3v) is 3.99. The smallest absolute Gasteiger partial charge is 0.332 e. The molecule has 19 heavy (non-hydrogen) atoms. The van der Waals surface area contributed by atoms with Gasteiger partial charge >= 0.3 is 5.97 Å². The van der Waals surface area contributed by atoms with Crippen molar-refractivity contribution in [2.24, 2.45) is 0 Å². The summed E-state index contributed by atoms with van der Waals surface area (Å²) in [6.07, 6.45) is 0. The number of hydrogen-bond acceptors (Lipinski definition) is 5. The lowest BCUT2D eigenvalue weighted by atomic mass is 10.7. The van der Waals surface area contributed by atoms with Crippen LogP contribution in [0.2, 0.25) is 25.7 Å². The number of carbonyl (C=O) groups excluding carboxylic acids is 1. The molecule has 0 unspecified atom stereocenters. The van der Waals surface area contributed by atoms with Crippen LogP contribution in [-0.2, 0) is 23.7 Å². The first-order valence-electron chi connectivity index (χ1n) is 6.84. The zero-order valence-electron chi connectivity index (χ0n) is 12.7. The Morgan fingerprint density at radius 3 is 2.05 bits per heavy atom. The molecule has 5 nitrogen and oxygen atoms in total. The first kappa shape index (κ1) is 18.6. The number of ether oxygens (including phenoxy) is 4. The first-order chi connectivity index (χ1) is 8.95. The molecular formula is C13H28O5Si. The van der Waals surface area contributed by atoms with Crippen LogP contribution in [0.5, 0.6) is 0 Å². The molecule has 0 amide bonds. The van der Waals surface area contributed by atoms with Gasteiger partial charge in [0.25, 0.3) is 0 Å². The largest absolute Gasteiger partial charge is 0.464 e. The number of hydrogen-bond donors (Lipinski definition) is 0. The third-order valence-electron chi connectivity index (χ3n) is 2.28. The fourth-order valence-corrected chi connectivity index (χ4v) is 1.86. The van der Waals surface area contributed by atoms with Crippen molar-refractivity contribution in [1.29, 1.82) is 0 Å². The molecule has 0 fully saturated rings. The predicted octanol–water partition coefficient (Wildman–Crippen LogP) is 1.94. The Morgan fingerprint density at radius 1 is 0.895 bits per heavy atom. The molecule has 0 heterocycles. The van der Waals surface area contributed by atoms with Crippen LogP contribution in [0.3, 0.4) is 0 Å². The average Bonchev–Trinajstić information content (AvgIpc) is 2.31. The molecule has 0 aromatic rings. The van der Waals surface area contributed by atoms with E-state index in [9.17, 15) is 4.79 Å². The van der Waals surface area contributed by atoms with Crippen molar-refractivity contribution >= 4 is 14.0 Å². The summed E-state index contributed by atoms with van der Waals surface area (Å²) < 4.78 is 20.6. The molecule has 0 saturated carbocycles. The minimum atomic E-state index is -1.13. The van der Waals surface area contributed by atoms with Crippen LogP contribution in [-0.4, -0.2) is 60.3 Å². The van der Waals surface area contributed by atoms with Crippen LogP contribution in [0.1, 0.15) is 6.92 Å². The molecular weight excluding hydrogens is 264 g/mol. The van der Waals surface area contributed by atoms with E-state index in [1.165, 1.54) is 0 Å². The lowest BCUT2D eigenvalue weighted by molar-refractivity contribution is -0.149. The van der Waals surface area contributed by atoms with Crippen LogP contribution in [0.25, 0.3) is 0 Å². The van der Waals surface area contributed by atoms with Crippen molar-refractivity contribution < 1.29 is 23.7 Å².